The predicted molar refractivity (Wildman–Crippen MR) is 156 cm³/mol. The van der Waals surface area contributed by atoms with E-state index >= 15 is 0 Å². The van der Waals surface area contributed by atoms with E-state index in [4.69, 9.17) is 13.8 Å². The summed E-state index contributed by atoms with van der Waals surface area (Å²) in [6.07, 6.45) is 21.4. The minimum Gasteiger partial charge on any atom is -0.493 e. The van der Waals surface area contributed by atoms with Gasteiger partial charge in [0.25, 0.3) is 0 Å². The normalized spacial score (nSPS) is 12.9. The van der Waals surface area contributed by atoms with Crippen LogP contribution in [-0.2, 0) is 24.8 Å². The van der Waals surface area contributed by atoms with E-state index in [0.717, 1.165) is 18.4 Å². The Kier molecular flexibility index (Phi) is 21.5. The van der Waals surface area contributed by atoms with Crippen molar-refractivity contribution >= 4 is 29.5 Å². The fourth-order valence-corrected chi connectivity index (χ4v) is 5.34. The molecule has 1 aromatic carbocycles. The molecule has 0 heterocycles. The summed E-state index contributed by atoms with van der Waals surface area (Å²) >= 11 is 3.10. The second-order valence-electron chi connectivity index (χ2n) is 9.74. The molecular formula is C29H50BrO6P. The van der Waals surface area contributed by atoms with Gasteiger partial charge in [0.2, 0.25) is 0 Å². The Balaban J connectivity index is 2.06. The monoisotopic (exact) mass is 604 g/mol. The average molecular weight is 606 g/mol. The molecule has 1 unspecified atom stereocenters. The molecule has 0 aromatic heterocycles. The molecule has 0 saturated carbocycles. The van der Waals surface area contributed by atoms with Crippen LogP contribution in [0.2, 0.25) is 0 Å². The standard InChI is InChI=1S/C29H50BrO6P/c1-2-3-4-5-6-7-8-9-10-11-12-13-14-15-16-19-23-34-29-21-18-17-20-27(29)25-28(31)26-36-37(32,33)35-24-22-30/h17-18,20-21H,2-16,19,22-26H2,1H3,(H,32,33). The van der Waals surface area contributed by atoms with E-state index in [0.29, 0.717) is 17.7 Å². The number of ether oxygens (including phenoxy) is 1. The molecular weight excluding hydrogens is 555 g/mol. The Morgan fingerprint density at radius 2 is 1.30 bits per heavy atom. The number of Topliss-reactive ketones (excluding diaryl/α,β-unsaturated/α-hetero) is 1. The van der Waals surface area contributed by atoms with E-state index in [2.05, 4.69) is 22.9 Å². The summed E-state index contributed by atoms with van der Waals surface area (Å²) in [7, 11) is -4.21. The molecule has 0 bridgehead atoms. The van der Waals surface area contributed by atoms with E-state index in [1.807, 2.05) is 24.3 Å². The number of carbonyl (C=O) groups excluding carboxylic acids is 1. The maximum Gasteiger partial charge on any atom is 0.472 e. The van der Waals surface area contributed by atoms with Crippen LogP contribution in [0.25, 0.3) is 0 Å². The average Bonchev–Trinajstić information content (AvgIpc) is 2.89. The predicted octanol–water partition coefficient (Wildman–Crippen LogP) is 8.97. The van der Waals surface area contributed by atoms with Crippen LogP contribution < -0.4 is 4.74 Å². The van der Waals surface area contributed by atoms with Crippen molar-refractivity contribution in [2.45, 2.75) is 116 Å². The van der Waals surface area contributed by atoms with Crippen molar-refractivity contribution in [3.63, 3.8) is 0 Å². The summed E-state index contributed by atoms with van der Waals surface area (Å²) < 4.78 is 27.1. The van der Waals surface area contributed by atoms with Gasteiger partial charge in [-0.1, -0.05) is 137 Å². The van der Waals surface area contributed by atoms with Gasteiger partial charge in [0, 0.05) is 17.3 Å². The molecule has 37 heavy (non-hydrogen) atoms. The molecule has 0 radical (unpaired) electrons. The van der Waals surface area contributed by atoms with E-state index in [-0.39, 0.29) is 18.8 Å². The van der Waals surface area contributed by atoms with Crippen LogP contribution in [-0.4, -0.2) is 35.8 Å². The van der Waals surface area contributed by atoms with E-state index < -0.39 is 14.4 Å². The topological polar surface area (TPSA) is 82.1 Å². The zero-order valence-corrected chi connectivity index (χ0v) is 25.5. The number of ketones is 1. The first-order valence-electron chi connectivity index (χ1n) is 14.4. The van der Waals surface area contributed by atoms with Crippen molar-refractivity contribution in [3.05, 3.63) is 29.8 Å². The van der Waals surface area contributed by atoms with Gasteiger partial charge >= 0.3 is 7.82 Å². The molecule has 0 amide bonds. The third kappa shape index (κ3) is 19.9. The Hall–Kier alpha value is -0.720. The summed E-state index contributed by atoms with van der Waals surface area (Å²) in [5.41, 5.74) is 0.752. The maximum atomic E-state index is 12.2. The molecule has 0 aliphatic carbocycles. The number of halogens is 1. The van der Waals surface area contributed by atoms with Gasteiger partial charge in [-0.3, -0.25) is 13.8 Å². The molecule has 1 N–H and O–H groups in total. The Bertz CT molecular complexity index is 745. The Morgan fingerprint density at radius 3 is 1.84 bits per heavy atom. The van der Waals surface area contributed by atoms with E-state index in [9.17, 15) is 14.3 Å². The summed E-state index contributed by atoms with van der Waals surface area (Å²) in [4.78, 5) is 21.8. The van der Waals surface area contributed by atoms with Crippen LogP contribution >= 0.6 is 23.8 Å². The first kappa shape index (κ1) is 34.3. The molecule has 0 saturated heterocycles. The molecule has 214 valence electrons. The minimum absolute atomic E-state index is 0.0258. The SMILES string of the molecule is CCCCCCCCCCCCCCCCCCOc1ccccc1CC(=O)COP(=O)(O)OCCBr. The van der Waals surface area contributed by atoms with Gasteiger partial charge in [-0.15, -0.1) is 0 Å². The van der Waals surface area contributed by atoms with Crippen molar-refractivity contribution < 1.29 is 28.0 Å². The van der Waals surface area contributed by atoms with Crippen LogP contribution in [0.3, 0.4) is 0 Å². The first-order chi connectivity index (χ1) is 18.0. The summed E-state index contributed by atoms with van der Waals surface area (Å²) in [5, 5.41) is 0.402. The number of alkyl halides is 1. The van der Waals surface area contributed by atoms with Crippen molar-refractivity contribution in [1.29, 1.82) is 0 Å². The number of hydrogen-bond donors (Lipinski definition) is 1. The highest BCUT2D eigenvalue weighted by atomic mass is 79.9. The highest BCUT2D eigenvalue weighted by Gasteiger charge is 2.22. The van der Waals surface area contributed by atoms with Crippen molar-refractivity contribution in [2.75, 3.05) is 25.2 Å². The highest BCUT2D eigenvalue weighted by Crippen LogP contribution is 2.43. The Labute approximate surface area is 234 Å². The van der Waals surface area contributed by atoms with Crippen LogP contribution in [0.15, 0.2) is 24.3 Å². The minimum atomic E-state index is -4.21. The molecule has 0 fully saturated rings. The molecule has 0 aliphatic heterocycles. The van der Waals surface area contributed by atoms with Crippen molar-refractivity contribution in [3.8, 4) is 5.75 Å². The third-order valence-electron chi connectivity index (χ3n) is 6.34. The first-order valence-corrected chi connectivity index (χ1v) is 17.0. The van der Waals surface area contributed by atoms with Crippen LogP contribution in [0.4, 0.5) is 0 Å². The van der Waals surface area contributed by atoms with Crippen molar-refractivity contribution in [2.24, 2.45) is 0 Å². The number of hydrogen-bond acceptors (Lipinski definition) is 5. The number of unbranched alkanes of at least 4 members (excludes halogenated alkanes) is 15. The Morgan fingerprint density at radius 1 is 0.784 bits per heavy atom. The summed E-state index contributed by atoms with van der Waals surface area (Å²) in [6, 6.07) is 7.41. The van der Waals surface area contributed by atoms with Crippen molar-refractivity contribution in [1.82, 2.24) is 0 Å². The zero-order valence-electron chi connectivity index (χ0n) is 23.0. The molecule has 1 rings (SSSR count). The fraction of sp³-hybridized carbons (Fsp3) is 0.759. The number of benzene rings is 1. The number of phosphoric ester groups is 1. The largest absolute Gasteiger partial charge is 0.493 e. The quantitative estimate of drug-likeness (QED) is 0.0645. The smallest absolute Gasteiger partial charge is 0.472 e. The number of rotatable bonds is 26. The van der Waals surface area contributed by atoms with E-state index in [1.54, 1.807) is 0 Å². The molecule has 8 heteroatoms. The lowest BCUT2D eigenvalue weighted by molar-refractivity contribution is -0.121. The number of carbonyl (C=O) groups is 1. The molecule has 1 atom stereocenters. The number of para-hydroxylation sites is 1. The maximum absolute atomic E-state index is 12.2. The lowest BCUT2D eigenvalue weighted by Gasteiger charge is -2.13. The van der Waals surface area contributed by atoms with Gasteiger partial charge in [0.1, 0.15) is 12.4 Å². The number of phosphoric acid groups is 1. The van der Waals surface area contributed by atoms with Crippen LogP contribution in [0, 0.1) is 0 Å². The second-order valence-corrected chi connectivity index (χ2v) is 12.0. The molecule has 1 aromatic rings. The summed E-state index contributed by atoms with van der Waals surface area (Å²) in [5.74, 6) is 0.370. The van der Waals surface area contributed by atoms with Gasteiger partial charge < -0.3 is 9.63 Å². The van der Waals surface area contributed by atoms with Gasteiger partial charge in [0.15, 0.2) is 5.78 Å². The van der Waals surface area contributed by atoms with E-state index in [1.165, 1.54) is 89.9 Å². The molecule has 0 aliphatic rings. The highest BCUT2D eigenvalue weighted by molar-refractivity contribution is 9.09. The fourth-order valence-electron chi connectivity index (χ4n) is 4.23. The third-order valence-corrected chi connectivity index (χ3v) is 7.62. The van der Waals surface area contributed by atoms with Gasteiger partial charge in [-0.05, 0) is 12.5 Å². The van der Waals surface area contributed by atoms with Gasteiger partial charge in [-0.25, -0.2) is 4.57 Å². The van der Waals surface area contributed by atoms with Gasteiger partial charge in [-0.2, -0.15) is 0 Å². The summed E-state index contributed by atoms with van der Waals surface area (Å²) in [6.45, 7) is 2.43. The van der Waals surface area contributed by atoms with Gasteiger partial charge in [0.05, 0.1) is 13.2 Å². The molecule has 6 nitrogen and oxygen atoms in total. The lowest BCUT2D eigenvalue weighted by Crippen LogP contribution is -2.12. The second kappa shape index (κ2) is 23.2. The molecule has 0 spiro atoms. The van der Waals surface area contributed by atoms with Crippen LogP contribution in [0.5, 0.6) is 5.75 Å². The van der Waals surface area contributed by atoms with Crippen LogP contribution in [0.1, 0.15) is 115 Å². The lowest BCUT2D eigenvalue weighted by atomic mass is 10.0. The zero-order chi connectivity index (χ0) is 27.0.